The molecule has 1 atom stereocenters. The topological polar surface area (TPSA) is 29.1 Å². The second-order valence-corrected chi connectivity index (χ2v) is 6.29. The number of hydrogen-bond donors (Lipinski definition) is 1. The minimum Gasteiger partial charge on any atom is -0.346 e. The molecule has 0 aliphatic carbocycles. The van der Waals surface area contributed by atoms with Crippen LogP contribution in [0.15, 0.2) is 42.5 Å². The number of aryl methyl sites for hydroxylation is 2. The summed E-state index contributed by atoms with van der Waals surface area (Å²) in [6.45, 7) is 6.19. The molecule has 0 radical (unpaired) electrons. The minimum atomic E-state index is -0.0351. The molecule has 0 spiro atoms. The fourth-order valence-electron chi connectivity index (χ4n) is 2.00. The summed E-state index contributed by atoms with van der Waals surface area (Å²) < 4.78 is 1.13. The van der Waals surface area contributed by atoms with Crippen molar-refractivity contribution >= 4 is 28.5 Å². The molecule has 2 aromatic rings. The first-order valence-electron chi connectivity index (χ1n) is 6.61. The third-order valence-corrected chi connectivity index (χ3v) is 4.20. The van der Waals surface area contributed by atoms with E-state index in [-0.39, 0.29) is 11.9 Å². The summed E-state index contributed by atoms with van der Waals surface area (Å²) >= 11 is 2.23. The molecule has 1 N–H and O–H groups in total. The second kappa shape index (κ2) is 6.39. The van der Waals surface area contributed by atoms with E-state index in [2.05, 4.69) is 60.0 Å². The van der Waals surface area contributed by atoms with E-state index in [0.29, 0.717) is 5.56 Å². The lowest BCUT2D eigenvalue weighted by Gasteiger charge is -2.16. The lowest BCUT2D eigenvalue weighted by molar-refractivity contribution is 0.0940. The minimum absolute atomic E-state index is 0.000998. The van der Waals surface area contributed by atoms with Crippen molar-refractivity contribution in [2.45, 2.75) is 26.8 Å². The molecule has 2 rings (SSSR count). The smallest absolute Gasteiger partial charge is 0.251 e. The Morgan fingerprint density at radius 3 is 2.30 bits per heavy atom. The first kappa shape index (κ1) is 15.0. The van der Waals surface area contributed by atoms with Gasteiger partial charge in [-0.2, -0.15) is 0 Å². The first-order valence-corrected chi connectivity index (χ1v) is 7.69. The predicted octanol–water partition coefficient (Wildman–Crippen LogP) is 4.40. The standard InChI is InChI=1S/C17H18INO/c1-11-4-5-15(10-12(11)2)13(3)19-17(20)14-6-8-16(18)9-7-14/h4-10,13H,1-3H3,(H,19,20)/t13-/m0/s1. The molecule has 104 valence electrons. The Morgan fingerprint density at radius 1 is 1.05 bits per heavy atom. The van der Waals surface area contributed by atoms with Crippen LogP contribution < -0.4 is 5.32 Å². The average Bonchev–Trinajstić information content (AvgIpc) is 2.42. The fourth-order valence-corrected chi connectivity index (χ4v) is 2.36. The van der Waals surface area contributed by atoms with Crippen LogP contribution in [0.4, 0.5) is 0 Å². The van der Waals surface area contributed by atoms with Crippen LogP contribution in [0.2, 0.25) is 0 Å². The van der Waals surface area contributed by atoms with Crippen molar-refractivity contribution in [2.75, 3.05) is 0 Å². The molecule has 3 heteroatoms. The van der Waals surface area contributed by atoms with Gasteiger partial charge in [0.25, 0.3) is 5.91 Å². The molecule has 2 aromatic carbocycles. The zero-order valence-corrected chi connectivity index (χ0v) is 14.1. The van der Waals surface area contributed by atoms with Gasteiger partial charge in [0.05, 0.1) is 6.04 Å². The molecule has 1 amide bonds. The van der Waals surface area contributed by atoms with Crippen LogP contribution in [-0.4, -0.2) is 5.91 Å². The molecule has 0 unspecified atom stereocenters. The van der Waals surface area contributed by atoms with E-state index in [1.54, 1.807) is 0 Å². The van der Waals surface area contributed by atoms with E-state index in [4.69, 9.17) is 0 Å². The number of amides is 1. The van der Waals surface area contributed by atoms with E-state index < -0.39 is 0 Å². The normalized spacial score (nSPS) is 12.0. The number of hydrogen-bond acceptors (Lipinski definition) is 1. The Hall–Kier alpha value is -1.36. The van der Waals surface area contributed by atoms with Gasteiger partial charge in [0.15, 0.2) is 0 Å². The van der Waals surface area contributed by atoms with Gasteiger partial charge in [-0.1, -0.05) is 18.2 Å². The van der Waals surface area contributed by atoms with Crippen LogP contribution in [0, 0.1) is 17.4 Å². The molecule has 0 heterocycles. The van der Waals surface area contributed by atoms with Gasteiger partial charge in [0, 0.05) is 9.13 Å². The van der Waals surface area contributed by atoms with Crippen LogP contribution in [0.25, 0.3) is 0 Å². The Balaban J connectivity index is 2.10. The van der Waals surface area contributed by atoms with Crippen molar-refractivity contribution < 1.29 is 4.79 Å². The Morgan fingerprint density at radius 2 is 1.70 bits per heavy atom. The summed E-state index contributed by atoms with van der Waals surface area (Å²) in [6, 6.07) is 13.9. The van der Waals surface area contributed by atoms with Crippen LogP contribution in [0.3, 0.4) is 0 Å². The van der Waals surface area contributed by atoms with E-state index in [0.717, 1.165) is 9.13 Å². The van der Waals surface area contributed by atoms with Gasteiger partial charge < -0.3 is 5.32 Å². The molecule has 20 heavy (non-hydrogen) atoms. The molecule has 0 aliphatic heterocycles. The summed E-state index contributed by atoms with van der Waals surface area (Å²) in [5, 5.41) is 3.04. The highest BCUT2D eigenvalue weighted by Gasteiger charge is 2.11. The van der Waals surface area contributed by atoms with Gasteiger partial charge in [0.2, 0.25) is 0 Å². The number of benzene rings is 2. The number of halogens is 1. The van der Waals surface area contributed by atoms with Gasteiger partial charge in [-0.05, 0) is 84.3 Å². The van der Waals surface area contributed by atoms with Crippen molar-refractivity contribution in [1.29, 1.82) is 0 Å². The van der Waals surface area contributed by atoms with Gasteiger partial charge in [-0.25, -0.2) is 0 Å². The maximum Gasteiger partial charge on any atom is 0.251 e. The van der Waals surface area contributed by atoms with Crippen LogP contribution in [0.5, 0.6) is 0 Å². The highest BCUT2D eigenvalue weighted by molar-refractivity contribution is 14.1. The Labute approximate surface area is 133 Å². The van der Waals surface area contributed by atoms with Gasteiger partial charge >= 0.3 is 0 Å². The SMILES string of the molecule is Cc1ccc([C@H](C)NC(=O)c2ccc(I)cc2)cc1C. The number of rotatable bonds is 3. The number of nitrogens with one attached hydrogen (secondary N) is 1. The van der Waals surface area contributed by atoms with E-state index >= 15 is 0 Å². The molecule has 0 bridgehead atoms. The van der Waals surface area contributed by atoms with Crippen molar-refractivity contribution in [3.8, 4) is 0 Å². The largest absolute Gasteiger partial charge is 0.346 e. The quantitative estimate of drug-likeness (QED) is 0.787. The second-order valence-electron chi connectivity index (χ2n) is 5.05. The van der Waals surface area contributed by atoms with Gasteiger partial charge in [-0.15, -0.1) is 0 Å². The van der Waals surface area contributed by atoms with E-state index in [1.165, 1.54) is 11.1 Å². The summed E-state index contributed by atoms with van der Waals surface area (Å²) in [5.41, 5.74) is 4.34. The first-order chi connectivity index (χ1) is 9.47. The Kier molecular flexibility index (Phi) is 4.81. The highest BCUT2D eigenvalue weighted by atomic mass is 127. The van der Waals surface area contributed by atoms with Gasteiger partial charge in [-0.3, -0.25) is 4.79 Å². The summed E-state index contributed by atoms with van der Waals surface area (Å²) in [6.07, 6.45) is 0. The van der Waals surface area contributed by atoms with Crippen molar-refractivity contribution in [1.82, 2.24) is 5.32 Å². The monoisotopic (exact) mass is 379 g/mol. The maximum absolute atomic E-state index is 12.2. The van der Waals surface area contributed by atoms with E-state index in [1.807, 2.05) is 31.2 Å². The molecular weight excluding hydrogens is 361 g/mol. The van der Waals surface area contributed by atoms with Crippen LogP contribution in [0.1, 0.15) is 40.0 Å². The molecule has 2 nitrogen and oxygen atoms in total. The molecule has 0 saturated carbocycles. The van der Waals surface area contributed by atoms with Crippen molar-refractivity contribution in [2.24, 2.45) is 0 Å². The summed E-state index contributed by atoms with van der Waals surface area (Å²) in [5.74, 6) is -0.0351. The van der Waals surface area contributed by atoms with Crippen LogP contribution >= 0.6 is 22.6 Å². The lowest BCUT2D eigenvalue weighted by atomic mass is 10.0. The molecule has 0 aromatic heterocycles. The number of carbonyl (C=O) groups excluding carboxylic acids is 1. The highest BCUT2D eigenvalue weighted by Crippen LogP contribution is 2.17. The van der Waals surface area contributed by atoms with Crippen molar-refractivity contribution in [3.63, 3.8) is 0 Å². The zero-order valence-electron chi connectivity index (χ0n) is 11.9. The van der Waals surface area contributed by atoms with Crippen LogP contribution in [-0.2, 0) is 0 Å². The maximum atomic E-state index is 12.2. The molecule has 0 fully saturated rings. The molecular formula is C17H18INO. The summed E-state index contributed by atoms with van der Waals surface area (Å²) in [4.78, 5) is 12.2. The Bertz CT molecular complexity index is 619. The lowest BCUT2D eigenvalue weighted by Crippen LogP contribution is -2.26. The number of carbonyl (C=O) groups is 1. The zero-order chi connectivity index (χ0) is 14.7. The predicted molar refractivity (Wildman–Crippen MR) is 91.0 cm³/mol. The van der Waals surface area contributed by atoms with E-state index in [9.17, 15) is 4.79 Å². The third-order valence-electron chi connectivity index (χ3n) is 3.48. The molecule has 0 saturated heterocycles. The van der Waals surface area contributed by atoms with Gasteiger partial charge in [0.1, 0.15) is 0 Å². The fraction of sp³-hybridized carbons (Fsp3) is 0.235. The summed E-state index contributed by atoms with van der Waals surface area (Å²) in [7, 11) is 0. The van der Waals surface area contributed by atoms with Crippen molar-refractivity contribution in [3.05, 3.63) is 68.3 Å². The average molecular weight is 379 g/mol. The third kappa shape index (κ3) is 3.60. The molecule has 0 aliphatic rings.